The van der Waals surface area contributed by atoms with Crippen LogP contribution in [-0.2, 0) is 0 Å². The molecule has 0 amide bonds. The molecule has 3 heterocycles. The van der Waals surface area contributed by atoms with Gasteiger partial charge in [0.25, 0.3) is 5.56 Å². The normalized spacial score (nSPS) is 13.0. The standard InChI is InChI=1S/C25H13BF2N2O2/c27-18-12-16-21(13-19(18)28)30-26-17-11-15(14-5-2-1-3-6-14)9-10-22(17)32-23-8-4-7-20(24(23)26)29(30)25(16)31/h1-13H. The molecule has 4 nitrogen and oxygen atoms in total. The average molecular weight is 422 g/mol. The quantitative estimate of drug-likeness (QED) is 0.378. The Hall–Kier alpha value is -4.13. The monoisotopic (exact) mass is 422 g/mol. The number of nitrogens with zero attached hydrogens (tertiary/aromatic N) is 2. The second-order valence-corrected chi connectivity index (χ2v) is 8.06. The van der Waals surface area contributed by atoms with Gasteiger partial charge in [0.05, 0.1) is 16.6 Å². The molecule has 7 heteroatoms. The fraction of sp³-hybridized carbons (Fsp3) is 0. The van der Waals surface area contributed by atoms with E-state index >= 15 is 0 Å². The van der Waals surface area contributed by atoms with Crippen molar-refractivity contribution in [2.24, 2.45) is 0 Å². The summed E-state index contributed by atoms with van der Waals surface area (Å²) >= 11 is 0. The molecule has 0 N–H and O–H groups in total. The molecule has 7 rings (SSSR count). The first-order chi connectivity index (χ1) is 15.6. The molecule has 0 aliphatic carbocycles. The maximum absolute atomic E-state index is 14.2. The first kappa shape index (κ1) is 17.5. The first-order valence-electron chi connectivity index (χ1n) is 10.2. The van der Waals surface area contributed by atoms with Gasteiger partial charge in [0.2, 0.25) is 0 Å². The van der Waals surface area contributed by atoms with Crippen molar-refractivity contribution in [3.63, 3.8) is 0 Å². The SMILES string of the molecule is O=c1c2cc(F)c(F)cc2n2n1-c1cccc3c1B2c1cc(-c2ccccc2)ccc1O3. The van der Waals surface area contributed by atoms with E-state index < -0.39 is 18.5 Å². The Bertz CT molecular complexity index is 1660. The van der Waals surface area contributed by atoms with Gasteiger partial charge in [-0.05, 0) is 40.9 Å². The highest BCUT2D eigenvalue weighted by Crippen LogP contribution is 2.34. The molecular formula is C25H13BF2N2O2. The molecule has 2 aliphatic rings. The Morgan fingerprint density at radius 2 is 1.59 bits per heavy atom. The summed E-state index contributed by atoms with van der Waals surface area (Å²) in [6, 6.07) is 23.5. The second kappa shape index (κ2) is 5.98. The molecule has 0 unspecified atom stereocenters. The van der Waals surface area contributed by atoms with Gasteiger partial charge in [0.1, 0.15) is 11.5 Å². The molecule has 2 aliphatic heterocycles. The summed E-state index contributed by atoms with van der Waals surface area (Å²) in [5.41, 5.74) is 4.37. The fourth-order valence-electron chi connectivity index (χ4n) is 4.97. The van der Waals surface area contributed by atoms with Crippen molar-refractivity contribution in [2.75, 3.05) is 0 Å². The molecule has 0 bridgehead atoms. The number of benzene rings is 4. The topological polar surface area (TPSA) is 36.2 Å². The third-order valence-electron chi connectivity index (χ3n) is 6.34. The smallest absolute Gasteiger partial charge is 0.357 e. The van der Waals surface area contributed by atoms with Crippen LogP contribution in [0, 0.1) is 11.6 Å². The van der Waals surface area contributed by atoms with Crippen molar-refractivity contribution in [1.29, 1.82) is 0 Å². The molecule has 0 fully saturated rings. The average Bonchev–Trinajstić information content (AvgIpc) is 3.30. The molecule has 32 heavy (non-hydrogen) atoms. The predicted molar refractivity (Wildman–Crippen MR) is 120 cm³/mol. The maximum atomic E-state index is 14.2. The first-order valence-corrected chi connectivity index (χ1v) is 10.2. The van der Waals surface area contributed by atoms with Gasteiger partial charge in [-0.2, -0.15) is 0 Å². The van der Waals surface area contributed by atoms with Crippen molar-refractivity contribution in [3.8, 4) is 28.3 Å². The molecule has 4 aromatic carbocycles. The summed E-state index contributed by atoms with van der Waals surface area (Å²) < 4.78 is 37.7. The minimum atomic E-state index is -1.04. The van der Waals surface area contributed by atoms with E-state index in [1.54, 1.807) is 4.59 Å². The van der Waals surface area contributed by atoms with Crippen LogP contribution in [0.1, 0.15) is 0 Å². The van der Waals surface area contributed by atoms with Crippen molar-refractivity contribution in [2.45, 2.75) is 0 Å². The highest BCUT2D eigenvalue weighted by molar-refractivity contribution is 6.87. The van der Waals surface area contributed by atoms with Crippen LogP contribution in [0.15, 0.2) is 83.7 Å². The van der Waals surface area contributed by atoms with Crippen LogP contribution in [0.3, 0.4) is 0 Å². The Morgan fingerprint density at radius 1 is 0.781 bits per heavy atom. The summed E-state index contributed by atoms with van der Waals surface area (Å²) in [4.78, 5) is 13.3. The Balaban J connectivity index is 1.58. The lowest BCUT2D eigenvalue weighted by Gasteiger charge is -2.24. The summed E-state index contributed by atoms with van der Waals surface area (Å²) in [5.74, 6) is -0.699. The van der Waals surface area contributed by atoms with Crippen LogP contribution >= 0.6 is 0 Å². The molecular weight excluding hydrogens is 409 g/mol. The highest BCUT2D eigenvalue weighted by atomic mass is 19.2. The van der Waals surface area contributed by atoms with Crippen LogP contribution in [0.25, 0.3) is 27.7 Å². The van der Waals surface area contributed by atoms with Gasteiger partial charge in [0.15, 0.2) is 11.6 Å². The number of hydrogen-bond donors (Lipinski definition) is 0. The predicted octanol–water partition coefficient (Wildman–Crippen LogP) is 3.81. The van der Waals surface area contributed by atoms with Gasteiger partial charge in [-0.25, -0.2) is 13.5 Å². The summed E-state index contributed by atoms with van der Waals surface area (Å²) in [5, 5.41) is 0.146. The lowest BCUT2D eigenvalue weighted by atomic mass is 9.49. The van der Waals surface area contributed by atoms with Gasteiger partial charge in [-0.15, -0.1) is 0 Å². The van der Waals surface area contributed by atoms with Crippen LogP contribution < -0.4 is 21.2 Å². The van der Waals surface area contributed by atoms with Crippen LogP contribution in [0.4, 0.5) is 8.78 Å². The van der Waals surface area contributed by atoms with E-state index in [9.17, 15) is 13.6 Å². The Labute approximate surface area is 181 Å². The molecule has 0 radical (unpaired) electrons. The largest absolute Gasteiger partial charge is 0.458 e. The molecule has 1 aromatic heterocycles. The van der Waals surface area contributed by atoms with E-state index in [0.717, 1.165) is 34.2 Å². The number of hydrogen-bond acceptors (Lipinski definition) is 2. The van der Waals surface area contributed by atoms with E-state index in [-0.39, 0.29) is 10.9 Å². The third-order valence-corrected chi connectivity index (χ3v) is 6.34. The fourth-order valence-corrected chi connectivity index (χ4v) is 4.97. The molecule has 0 saturated heterocycles. The number of rotatable bonds is 1. The lowest BCUT2D eigenvalue weighted by molar-refractivity contribution is 0.487. The van der Waals surface area contributed by atoms with Crippen molar-refractivity contribution >= 4 is 28.7 Å². The van der Waals surface area contributed by atoms with E-state index in [0.29, 0.717) is 22.7 Å². The van der Waals surface area contributed by atoms with Crippen molar-refractivity contribution < 1.29 is 13.5 Å². The number of ether oxygens (including phenoxy) is 1. The zero-order chi connectivity index (χ0) is 21.6. The summed E-state index contributed by atoms with van der Waals surface area (Å²) in [6.07, 6.45) is 0. The number of fused-ring (bicyclic) bond motifs is 7. The Morgan fingerprint density at radius 3 is 2.44 bits per heavy atom. The minimum Gasteiger partial charge on any atom is -0.458 e. The summed E-state index contributed by atoms with van der Waals surface area (Å²) in [6.45, 7) is -0.399. The minimum absolute atomic E-state index is 0.146. The number of halogens is 2. The zero-order valence-electron chi connectivity index (χ0n) is 16.5. The van der Waals surface area contributed by atoms with Gasteiger partial charge >= 0.3 is 6.85 Å². The van der Waals surface area contributed by atoms with Gasteiger partial charge in [0, 0.05) is 11.5 Å². The van der Waals surface area contributed by atoms with E-state index in [1.807, 2.05) is 66.7 Å². The van der Waals surface area contributed by atoms with Crippen LogP contribution in [-0.4, -0.2) is 16.1 Å². The van der Waals surface area contributed by atoms with Crippen LogP contribution in [0.5, 0.6) is 11.5 Å². The molecule has 0 atom stereocenters. The maximum Gasteiger partial charge on any atom is 0.357 e. The van der Waals surface area contributed by atoms with E-state index in [4.69, 9.17) is 4.74 Å². The van der Waals surface area contributed by atoms with Crippen molar-refractivity contribution in [1.82, 2.24) is 9.27 Å². The van der Waals surface area contributed by atoms with Gasteiger partial charge in [-0.1, -0.05) is 48.5 Å². The molecule has 152 valence electrons. The van der Waals surface area contributed by atoms with Gasteiger partial charge in [-0.3, -0.25) is 4.79 Å². The van der Waals surface area contributed by atoms with E-state index in [1.165, 1.54) is 4.68 Å². The molecule has 5 aromatic rings. The highest BCUT2D eigenvalue weighted by Gasteiger charge is 2.44. The molecule has 0 saturated carbocycles. The Kier molecular flexibility index (Phi) is 3.28. The van der Waals surface area contributed by atoms with Crippen LogP contribution in [0.2, 0.25) is 0 Å². The van der Waals surface area contributed by atoms with Gasteiger partial charge < -0.3 is 9.33 Å². The lowest BCUT2D eigenvalue weighted by Crippen LogP contribution is -2.49. The molecule has 0 spiro atoms. The summed E-state index contributed by atoms with van der Waals surface area (Å²) in [7, 11) is 0. The number of aromatic nitrogens is 2. The van der Waals surface area contributed by atoms with Crippen molar-refractivity contribution in [3.05, 3.63) is 101 Å². The zero-order valence-corrected chi connectivity index (χ0v) is 16.5. The second-order valence-electron chi connectivity index (χ2n) is 8.06. The van der Waals surface area contributed by atoms with E-state index in [2.05, 4.69) is 0 Å². The third kappa shape index (κ3) is 2.12.